The Kier molecular flexibility index (Phi) is 8.78. The maximum atomic E-state index is 12.4. The molecule has 228 valence electrons. The minimum atomic E-state index is -0.143. The number of rotatable bonds is 4. The molecule has 0 bridgehead atoms. The van der Waals surface area contributed by atoms with Gasteiger partial charge < -0.3 is 35.7 Å². The highest BCUT2D eigenvalue weighted by Gasteiger charge is 2.67. The second-order valence-electron chi connectivity index (χ2n) is 15.0. The van der Waals surface area contributed by atoms with Gasteiger partial charge in [0.2, 0.25) is 0 Å². The van der Waals surface area contributed by atoms with Gasteiger partial charge in [-0.25, -0.2) is 0 Å². The van der Waals surface area contributed by atoms with Gasteiger partial charge in [-0.05, 0) is 67.6 Å². The van der Waals surface area contributed by atoms with Crippen LogP contribution in [-0.4, -0.2) is 92.1 Å². The summed E-state index contributed by atoms with van der Waals surface area (Å²) in [7, 11) is 2.44. The van der Waals surface area contributed by atoms with E-state index in [-0.39, 0.29) is 58.0 Å². The van der Waals surface area contributed by atoms with E-state index in [4.69, 9.17) is 14.2 Å². The highest BCUT2D eigenvalue weighted by atomic mass is 79.9. The molecule has 0 aromatic rings. The molecule has 0 N–H and O–H groups in total. The average Bonchev–Trinajstić information content (AvgIpc) is 3.46. The van der Waals surface area contributed by atoms with E-state index in [1.165, 1.54) is 51.6 Å². The van der Waals surface area contributed by atoms with Crippen LogP contribution >= 0.6 is 0 Å². The summed E-state index contributed by atoms with van der Waals surface area (Å²) in [6.07, 6.45) is 10.8. The first kappa shape index (κ1) is 30.7. The van der Waals surface area contributed by atoms with Crippen molar-refractivity contribution in [2.45, 2.75) is 110 Å². The predicted octanol–water partition coefficient (Wildman–Crippen LogP) is 1.43. The zero-order valence-electron chi connectivity index (χ0n) is 25.5. The first-order valence-corrected chi connectivity index (χ1v) is 16.1. The zero-order chi connectivity index (χ0) is 27.6. The van der Waals surface area contributed by atoms with E-state index in [0.717, 1.165) is 50.0 Å². The molecule has 8 heteroatoms. The molecule has 6 rings (SSSR count). The Hall–Kier alpha value is -0.700. The minimum absolute atomic E-state index is 0. The number of halogens is 1. The van der Waals surface area contributed by atoms with E-state index >= 15 is 0 Å². The van der Waals surface area contributed by atoms with Gasteiger partial charge in [-0.1, -0.05) is 13.8 Å². The summed E-state index contributed by atoms with van der Waals surface area (Å²) in [5.74, 6) is 2.36. The van der Waals surface area contributed by atoms with Gasteiger partial charge in [0.25, 0.3) is 0 Å². The second-order valence-corrected chi connectivity index (χ2v) is 15.0. The summed E-state index contributed by atoms with van der Waals surface area (Å²) in [6, 6.07) is 0.710. The van der Waals surface area contributed by atoms with Crippen LogP contribution in [0.5, 0.6) is 0 Å². The van der Waals surface area contributed by atoms with Crippen molar-refractivity contribution < 1.29 is 45.3 Å². The number of ether oxygens (including phenoxy) is 3. The molecule has 0 aromatic carbocycles. The molecule has 5 unspecified atom stereocenters. The van der Waals surface area contributed by atoms with Gasteiger partial charge in [0.15, 0.2) is 6.10 Å². The maximum absolute atomic E-state index is 12.4. The van der Waals surface area contributed by atoms with Crippen molar-refractivity contribution in [1.29, 1.82) is 0 Å². The van der Waals surface area contributed by atoms with Crippen molar-refractivity contribution in [3.8, 4) is 0 Å². The SMILES string of the molecule is CC(=O)OC1CC2CC[C@@H]3[C@@H](CC[C@]4(C)C(OC(C)=O)C([N+]5(C)CCCC5)C[C@@H]34)[C@@]2(C)CC1N1CCOCC1.[Br-]. The molecule has 2 aliphatic heterocycles. The van der Waals surface area contributed by atoms with E-state index in [2.05, 4.69) is 25.8 Å². The summed E-state index contributed by atoms with van der Waals surface area (Å²) >= 11 is 0. The smallest absolute Gasteiger partial charge is 0.303 e. The molecular weight excluding hydrogens is 572 g/mol. The Morgan fingerprint density at radius 3 is 2.23 bits per heavy atom. The number of carbonyl (C=O) groups excluding carboxylic acids is 2. The number of likely N-dealkylation sites (tertiary alicyclic amines) is 1. The number of fused-ring (bicyclic) bond motifs is 5. The summed E-state index contributed by atoms with van der Waals surface area (Å²) in [4.78, 5) is 27.1. The lowest BCUT2D eigenvalue weighted by Gasteiger charge is -2.62. The van der Waals surface area contributed by atoms with Crippen LogP contribution in [0, 0.1) is 34.5 Å². The topological polar surface area (TPSA) is 65.1 Å². The van der Waals surface area contributed by atoms with Crippen molar-refractivity contribution in [3.05, 3.63) is 0 Å². The van der Waals surface area contributed by atoms with Gasteiger partial charge in [-0.2, -0.15) is 0 Å². The van der Waals surface area contributed by atoms with Gasteiger partial charge in [-0.15, -0.1) is 0 Å². The maximum Gasteiger partial charge on any atom is 0.303 e. The van der Waals surface area contributed by atoms with Gasteiger partial charge in [0, 0.05) is 57.7 Å². The van der Waals surface area contributed by atoms with Gasteiger partial charge in [0.05, 0.1) is 33.4 Å². The van der Waals surface area contributed by atoms with Gasteiger partial charge in [0.1, 0.15) is 12.1 Å². The van der Waals surface area contributed by atoms with E-state index in [1.807, 2.05) is 0 Å². The lowest BCUT2D eigenvalue weighted by molar-refractivity contribution is -0.924. The molecule has 7 nitrogen and oxygen atoms in total. The molecule has 4 saturated carbocycles. The van der Waals surface area contributed by atoms with Crippen LogP contribution in [0.1, 0.15) is 85.5 Å². The predicted molar refractivity (Wildman–Crippen MR) is 149 cm³/mol. The van der Waals surface area contributed by atoms with Crippen LogP contribution in [0.4, 0.5) is 0 Å². The van der Waals surface area contributed by atoms with Crippen molar-refractivity contribution in [2.24, 2.45) is 34.5 Å². The van der Waals surface area contributed by atoms with Crippen molar-refractivity contribution in [3.63, 3.8) is 0 Å². The highest BCUT2D eigenvalue weighted by molar-refractivity contribution is 5.66. The fourth-order valence-electron chi connectivity index (χ4n) is 11.2. The molecule has 4 aliphatic carbocycles. The molecule has 2 saturated heterocycles. The van der Waals surface area contributed by atoms with Gasteiger partial charge in [-0.3, -0.25) is 14.5 Å². The standard InChI is InChI=1S/C32H53N2O5.BrH/c1-21(35)38-29-18-23-8-9-24-25(32(23,4)20-27(29)33-12-16-37-17-13-33)10-11-31(3)26(24)19-28(30(31)39-22(2)36)34(5)14-6-7-15-34;/h23-30H,6-20H2,1-5H3;1H/q+1;/p-1/t23?,24-,25-,26+,27?,28?,29?,30?,31+,32+;/m1./s1. The molecule has 40 heavy (non-hydrogen) atoms. The normalized spacial score (nSPS) is 46.3. The second kappa shape index (κ2) is 11.4. The van der Waals surface area contributed by atoms with Gasteiger partial charge >= 0.3 is 11.9 Å². The Balaban J connectivity index is 0.00000323. The minimum Gasteiger partial charge on any atom is -1.00 e. The first-order chi connectivity index (χ1) is 18.5. The van der Waals surface area contributed by atoms with Crippen molar-refractivity contribution in [2.75, 3.05) is 46.4 Å². The third-order valence-corrected chi connectivity index (χ3v) is 13.1. The number of likely N-dealkylation sites (N-methyl/N-ethyl adjacent to an activating group) is 1. The summed E-state index contributed by atoms with van der Waals surface area (Å²) in [5.41, 5.74) is 0.327. The largest absolute Gasteiger partial charge is 1.00 e. The summed E-state index contributed by atoms with van der Waals surface area (Å²) in [6.45, 7) is 14.1. The van der Waals surface area contributed by atoms with Crippen molar-refractivity contribution >= 4 is 11.9 Å². The molecule has 6 aliphatic rings. The summed E-state index contributed by atoms with van der Waals surface area (Å²) in [5, 5.41) is 0. The number of hydrogen-bond acceptors (Lipinski definition) is 6. The lowest BCUT2D eigenvalue weighted by Crippen LogP contribution is -3.00. The fourth-order valence-corrected chi connectivity index (χ4v) is 11.2. The van der Waals surface area contributed by atoms with E-state index in [1.54, 1.807) is 13.8 Å². The molecule has 6 fully saturated rings. The molecular formula is C32H53BrN2O5. The van der Waals surface area contributed by atoms with Crippen LogP contribution < -0.4 is 17.0 Å². The molecule has 2 heterocycles. The molecule has 0 aromatic heterocycles. The van der Waals surface area contributed by atoms with Crippen molar-refractivity contribution in [1.82, 2.24) is 4.90 Å². The number of carbonyl (C=O) groups is 2. The number of quaternary nitrogens is 1. The van der Waals surface area contributed by atoms with E-state index < -0.39 is 0 Å². The van der Waals surface area contributed by atoms with Crippen LogP contribution in [0.3, 0.4) is 0 Å². The van der Waals surface area contributed by atoms with Crippen LogP contribution in [0.15, 0.2) is 0 Å². The van der Waals surface area contributed by atoms with Crippen LogP contribution in [-0.2, 0) is 23.8 Å². The van der Waals surface area contributed by atoms with Crippen LogP contribution in [0.25, 0.3) is 0 Å². The monoisotopic (exact) mass is 624 g/mol. The first-order valence-electron chi connectivity index (χ1n) is 16.1. The molecule has 10 atom stereocenters. The Labute approximate surface area is 252 Å². The Bertz CT molecular complexity index is 952. The average molecular weight is 626 g/mol. The third kappa shape index (κ3) is 5.09. The van der Waals surface area contributed by atoms with Crippen LogP contribution in [0.2, 0.25) is 0 Å². The fraction of sp³-hybridized carbons (Fsp3) is 0.938. The Morgan fingerprint density at radius 1 is 0.900 bits per heavy atom. The highest BCUT2D eigenvalue weighted by Crippen LogP contribution is 2.67. The van der Waals surface area contributed by atoms with E-state index in [9.17, 15) is 9.59 Å². The van der Waals surface area contributed by atoms with E-state index in [0.29, 0.717) is 29.7 Å². The molecule has 0 spiro atoms. The zero-order valence-corrected chi connectivity index (χ0v) is 27.1. The summed E-state index contributed by atoms with van der Waals surface area (Å²) < 4.78 is 19.1. The molecule has 0 amide bonds. The number of esters is 2. The number of nitrogens with zero attached hydrogens (tertiary/aromatic N) is 2. The number of hydrogen-bond donors (Lipinski definition) is 0. The lowest BCUT2D eigenvalue weighted by atomic mass is 9.44. The third-order valence-electron chi connectivity index (χ3n) is 13.1. The molecule has 0 radical (unpaired) electrons. The Morgan fingerprint density at radius 2 is 1.57 bits per heavy atom. The quantitative estimate of drug-likeness (QED) is 0.348. The number of morpholine rings is 1.